The number of nitrogens with zero attached hydrogens (tertiary/aromatic N) is 3. The van der Waals surface area contributed by atoms with E-state index >= 15 is 0 Å². The Morgan fingerprint density at radius 1 is 1.03 bits per heavy atom. The molecule has 36 heavy (non-hydrogen) atoms. The van der Waals surface area contributed by atoms with E-state index < -0.39 is 22.3 Å². The van der Waals surface area contributed by atoms with Gasteiger partial charge in [-0.25, -0.2) is 4.39 Å². The van der Waals surface area contributed by atoms with E-state index in [0.29, 0.717) is 18.7 Å². The van der Waals surface area contributed by atoms with Crippen molar-refractivity contribution in [2.24, 2.45) is 0 Å². The van der Waals surface area contributed by atoms with Gasteiger partial charge in [0, 0.05) is 38.3 Å². The standard InChI is InChI=1S/C28H34FN3O3S/c1-20-7-4-5-10-25(20)26-15-22(11-12-27(26)33)18-31-14-13-28(17-21(31)2)19-30(3)36(34,35)32(28)24-9-6-8-23(29)16-24/h4-12,15-16,21,33-35H,13-14,17-19H2,1-3H3/t21-,28+/m0/s1. The molecular weight excluding hydrogens is 477 g/mol. The third kappa shape index (κ3) is 4.37. The number of aromatic hydroxyl groups is 1. The quantitative estimate of drug-likeness (QED) is 0.384. The summed E-state index contributed by atoms with van der Waals surface area (Å²) in [6, 6.07) is 20.1. The van der Waals surface area contributed by atoms with Crippen molar-refractivity contribution in [2.75, 3.05) is 24.4 Å². The predicted octanol–water partition coefficient (Wildman–Crippen LogP) is 6.26. The Morgan fingerprint density at radius 2 is 1.81 bits per heavy atom. The molecule has 2 fully saturated rings. The van der Waals surface area contributed by atoms with Crippen LogP contribution in [0.1, 0.15) is 30.9 Å². The Labute approximate surface area is 214 Å². The number of benzene rings is 3. The minimum absolute atomic E-state index is 0.159. The first kappa shape index (κ1) is 25.0. The molecule has 0 aliphatic carbocycles. The van der Waals surface area contributed by atoms with Gasteiger partial charge in [-0.2, -0.15) is 4.31 Å². The van der Waals surface area contributed by atoms with Crippen LogP contribution in [0.4, 0.5) is 10.1 Å². The Bertz CT molecular complexity index is 1270. The summed E-state index contributed by atoms with van der Waals surface area (Å²) in [6.07, 6.45) is 1.43. The summed E-state index contributed by atoms with van der Waals surface area (Å²) in [4.78, 5) is 2.40. The maximum Gasteiger partial charge on any atom is 0.125 e. The van der Waals surface area contributed by atoms with E-state index in [1.54, 1.807) is 33.9 Å². The molecule has 3 aromatic rings. The maximum absolute atomic E-state index is 14.1. The average molecular weight is 512 g/mol. The van der Waals surface area contributed by atoms with Crippen LogP contribution in [0.3, 0.4) is 0 Å². The van der Waals surface area contributed by atoms with Gasteiger partial charge in [-0.15, -0.1) is 0 Å². The summed E-state index contributed by atoms with van der Waals surface area (Å²) >= 11 is 0. The van der Waals surface area contributed by atoms with Crippen LogP contribution in [0.25, 0.3) is 11.1 Å². The molecular formula is C28H34FN3O3S. The Hall–Kier alpha value is -2.62. The number of hydrogen-bond acceptors (Lipinski definition) is 6. The number of aryl methyl sites for hydroxylation is 1. The Balaban J connectivity index is 1.39. The first-order valence-corrected chi connectivity index (χ1v) is 13.7. The summed E-state index contributed by atoms with van der Waals surface area (Å²) < 4.78 is 39.6. The van der Waals surface area contributed by atoms with Gasteiger partial charge in [0.25, 0.3) is 0 Å². The normalized spacial score (nSPS) is 25.4. The zero-order valence-corrected chi connectivity index (χ0v) is 21.7. The number of rotatable bonds is 4. The fourth-order valence-electron chi connectivity index (χ4n) is 5.91. The first-order valence-electron chi connectivity index (χ1n) is 12.3. The highest BCUT2D eigenvalue weighted by atomic mass is 32.3. The van der Waals surface area contributed by atoms with Crippen LogP contribution in [-0.2, 0) is 6.54 Å². The highest BCUT2D eigenvalue weighted by molar-refractivity contribution is 8.23. The van der Waals surface area contributed by atoms with Crippen LogP contribution in [0.2, 0.25) is 0 Å². The van der Waals surface area contributed by atoms with Crippen LogP contribution >= 0.6 is 11.0 Å². The molecule has 0 amide bonds. The van der Waals surface area contributed by atoms with Gasteiger partial charge in [0.1, 0.15) is 11.6 Å². The second-order valence-corrected chi connectivity index (χ2v) is 12.2. The topological polar surface area (TPSA) is 70.4 Å². The van der Waals surface area contributed by atoms with Crippen molar-refractivity contribution in [1.82, 2.24) is 9.21 Å². The lowest BCUT2D eigenvalue weighted by Gasteiger charge is -2.51. The molecule has 192 valence electrons. The highest BCUT2D eigenvalue weighted by Crippen LogP contribution is 2.61. The molecule has 8 heteroatoms. The summed E-state index contributed by atoms with van der Waals surface area (Å²) in [5.41, 5.74) is 4.08. The molecule has 0 unspecified atom stereocenters. The van der Waals surface area contributed by atoms with Gasteiger partial charge in [-0.05, 0) is 73.7 Å². The number of likely N-dealkylation sites (N-methyl/N-ethyl adjacent to an activating group) is 1. The van der Waals surface area contributed by atoms with Crippen molar-refractivity contribution in [2.45, 2.75) is 44.8 Å². The van der Waals surface area contributed by atoms with Crippen LogP contribution in [-0.4, -0.2) is 55.1 Å². The molecule has 0 radical (unpaired) electrons. The second kappa shape index (κ2) is 9.36. The predicted molar refractivity (Wildman–Crippen MR) is 144 cm³/mol. The molecule has 2 aliphatic rings. The lowest BCUT2D eigenvalue weighted by Crippen LogP contribution is -2.57. The number of halogens is 1. The third-order valence-electron chi connectivity index (χ3n) is 7.70. The van der Waals surface area contributed by atoms with Gasteiger partial charge in [-0.3, -0.25) is 18.3 Å². The summed E-state index contributed by atoms with van der Waals surface area (Å²) in [6.45, 7) is 6.19. The van der Waals surface area contributed by atoms with E-state index in [0.717, 1.165) is 41.8 Å². The molecule has 2 atom stereocenters. The molecule has 3 aromatic carbocycles. The fourth-order valence-corrected chi connectivity index (χ4v) is 7.74. The summed E-state index contributed by atoms with van der Waals surface area (Å²) in [5, 5.41) is 10.5. The van der Waals surface area contributed by atoms with Crippen LogP contribution < -0.4 is 4.31 Å². The summed E-state index contributed by atoms with van der Waals surface area (Å²) in [5.74, 6) is -0.127. The molecule has 2 saturated heterocycles. The van der Waals surface area contributed by atoms with E-state index in [4.69, 9.17) is 0 Å². The Morgan fingerprint density at radius 3 is 2.53 bits per heavy atom. The maximum atomic E-state index is 14.1. The van der Waals surface area contributed by atoms with E-state index in [1.165, 1.54) is 12.1 Å². The average Bonchev–Trinajstić information content (AvgIpc) is 3.01. The number of phenols is 1. The number of anilines is 1. The van der Waals surface area contributed by atoms with Crippen molar-refractivity contribution in [3.8, 4) is 16.9 Å². The monoisotopic (exact) mass is 511 g/mol. The van der Waals surface area contributed by atoms with Crippen molar-refractivity contribution < 1.29 is 18.6 Å². The molecule has 0 bridgehead atoms. The molecule has 2 aliphatic heterocycles. The van der Waals surface area contributed by atoms with Crippen LogP contribution in [0.15, 0.2) is 66.7 Å². The van der Waals surface area contributed by atoms with Crippen LogP contribution in [0, 0.1) is 12.7 Å². The molecule has 1 spiro atoms. The van der Waals surface area contributed by atoms with Gasteiger partial charge < -0.3 is 5.11 Å². The number of hydrogen-bond donors (Lipinski definition) is 3. The van der Waals surface area contributed by atoms with Crippen molar-refractivity contribution >= 4 is 16.6 Å². The van der Waals surface area contributed by atoms with Gasteiger partial charge >= 0.3 is 0 Å². The third-order valence-corrected chi connectivity index (χ3v) is 9.75. The van der Waals surface area contributed by atoms with E-state index in [9.17, 15) is 18.6 Å². The van der Waals surface area contributed by atoms with E-state index in [-0.39, 0.29) is 11.8 Å². The highest BCUT2D eigenvalue weighted by Gasteiger charge is 2.55. The Kier molecular flexibility index (Phi) is 6.51. The van der Waals surface area contributed by atoms with Crippen molar-refractivity contribution in [3.63, 3.8) is 0 Å². The molecule has 6 nitrogen and oxygen atoms in total. The van der Waals surface area contributed by atoms with Crippen molar-refractivity contribution in [1.29, 1.82) is 0 Å². The minimum atomic E-state index is -3.23. The smallest absolute Gasteiger partial charge is 0.125 e. The second-order valence-electron chi connectivity index (χ2n) is 10.2. The van der Waals surface area contributed by atoms with E-state index in [1.807, 2.05) is 37.3 Å². The fraction of sp³-hybridized carbons (Fsp3) is 0.357. The number of likely N-dealkylation sites (tertiary alicyclic amines) is 1. The lowest BCUT2D eigenvalue weighted by molar-refractivity contribution is 0.100. The molecule has 5 rings (SSSR count). The molecule has 0 saturated carbocycles. The van der Waals surface area contributed by atoms with Crippen molar-refractivity contribution in [3.05, 3.63) is 83.7 Å². The first-order chi connectivity index (χ1) is 17.1. The summed E-state index contributed by atoms with van der Waals surface area (Å²) in [7, 11) is -1.52. The zero-order valence-electron chi connectivity index (χ0n) is 20.9. The molecule has 2 heterocycles. The van der Waals surface area contributed by atoms with Gasteiger partial charge in [0.2, 0.25) is 0 Å². The van der Waals surface area contributed by atoms with Gasteiger partial charge in [-0.1, -0.05) is 47.4 Å². The SMILES string of the molecule is Cc1ccccc1-c1cc(CN2CC[C@@]3(C[C@@H]2C)CN(C)S(O)(O)N3c2cccc(F)c2)ccc1O. The number of piperidine rings is 1. The van der Waals surface area contributed by atoms with E-state index in [2.05, 4.69) is 17.9 Å². The molecule has 0 aromatic heterocycles. The largest absolute Gasteiger partial charge is 0.507 e. The van der Waals surface area contributed by atoms with Crippen LogP contribution in [0.5, 0.6) is 5.75 Å². The lowest BCUT2D eigenvalue weighted by atomic mass is 9.82. The van der Waals surface area contributed by atoms with Gasteiger partial charge in [0.05, 0.1) is 11.2 Å². The molecule has 3 N–H and O–H groups in total. The van der Waals surface area contributed by atoms with Gasteiger partial charge in [0.15, 0.2) is 0 Å². The minimum Gasteiger partial charge on any atom is -0.507 e. The zero-order chi connectivity index (χ0) is 25.7. The number of phenolic OH excluding ortho intramolecular Hbond substituents is 1.